The van der Waals surface area contributed by atoms with Crippen molar-refractivity contribution in [2.45, 2.75) is 11.8 Å². The van der Waals surface area contributed by atoms with Crippen LogP contribution in [0.3, 0.4) is 0 Å². The molecule has 0 bridgehead atoms. The largest absolute Gasteiger partial charge is 0.486 e. The highest BCUT2D eigenvalue weighted by Gasteiger charge is 2.14. The molecular weight excluding hydrogens is 379 g/mol. The Kier molecular flexibility index (Phi) is 7.82. The quantitative estimate of drug-likeness (QED) is 0.311. The molecule has 0 fully saturated rings. The molecule has 146 valence electrons. The molecule has 10 nitrogen and oxygen atoms in total. The lowest BCUT2D eigenvalue weighted by atomic mass is 10.3. The van der Waals surface area contributed by atoms with Gasteiger partial charge < -0.3 is 20.6 Å². The van der Waals surface area contributed by atoms with Gasteiger partial charge in [-0.3, -0.25) is 10.1 Å². The van der Waals surface area contributed by atoms with E-state index in [1.807, 2.05) is 0 Å². The number of nitrogen functional groups attached to an aromatic ring is 1. The first-order valence-electron chi connectivity index (χ1n) is 7.76. The Morgan fingerprint density at radius 3 is 2.74 bits per heavy atom. The number of benzene rings is 1. The Bertz CT molecular complexity index is 770. The first kappa shape index (κ1) is 20.5. The number of ether oxygens (including phenoxy) is 2. The first-order valence-corrected chi connectivity index (χ1v) is 8.75. The van der Waals surface area contributed by atoms with Crippen LogP contribution >= 0.6 is 11.8 Å². The van der Waals surface area contributed by atoms with Crippen LogP contribution in [0.15, 0.2) is 29.4 Å². The number of thioether (sulfide) groups is 1. The number of aromatic nitrogens is 3. The summed E-state index contributed by atoms with van der Waals surface area (Å²) >= 11 is 1.01. The molecule has 0 aliphatic rings. The molecule has 4 N–H and O–H groups in total. The molecule has 2 rings (SSSR count). The van der Waals surface area contributed by atoms with E-state index in [9.17, 15) is 14.0 Å². The number of hydrogen-bond acceptors (Lipinski definition) is 8. The van der Waals surface area contributed by atoms with E-state index in [2.05, 4.69) is 20.8 Å². The Morgan fingerprint density at radius 1 is 1.30 bits per heavy atom. The fourth-order valence-corrected chi connectivity index (χ4v) is 2.46. The van der Waals surface area contributed by atoms with Crippen LogP contribution in [0.4, 0.5) is 9.18 Å². The van der Waals surface area contributed by atoms with E-state index in [-0.39, 0.29) is 29.9 Å². The molecule has 1 heterocycles. The third kappa shape index (κ3) is 6.75. The average molecular weight is 398 g/mol. The SMILES string of the molecule is COCCNC(=O)NC(=O)CSc1nnc(COc2ccc(F)cc2)n1N. The number of imide groups is 1. The minimum absolute atomic E-state index is 0.0177. The lowest BCUT2D eigenvalue weighted by Gasteiger charge is -2.07. The van der Waals surface area contributed by atoms with Crippen molar-refractivity contribution >= 4 is 23.7 Å². The van der Waals surface area contributed by atoms with Crippen LogP contribution in [-0.4, -0.2) is 52.8 Å². The molecule has 0 radical (unpaired) electrons. The standard InChI is InChI=1S/C15H19FN6O4S/c1-25-7-6-18-14(24)19-13(23)9-27-15-21-20-12(22(15)17)8-26-11-4-2-10(16)3-5-11/h2-5H,6-9,17H2,1H3,(H2,18,19,23,24). The monoisotopic (exact) mass is 398 g/mol. The second-order valence-electron chi connectivity index (χ2n) is 5.10. The van der Waals surface area contributed by atoms with Crippen LogP contribution in [0.1, 0.15) is 5.82 Å². The predicted octanol–water partition coefficient (Wildman–Crippen LogP) is 0.274. The molecule has 0 saturated carbocycles. The summed E-state index contributed by atoms with van der Waals surface area (Å²) in [4.78, 5) is 23.2. The zero-order chi connectivity index (χ0) is 19.6. The normalized spacial score (nSPS) is 10.4. The summed E-state index contributed by atoms with van der Waals surface area (Å²) in [6.45, 7) is 0.649. The number of methoxy groups -OCH3 is 1. The number of nitrogens with one attached hydrogen (secondary N) is 2. The molecule has 0 spiro atoms. The highest BCUT2D eigenvalue weighted by Crippen LogP contribution is 2.16. The molecular formula is C15H19FN6O4S. The molecule has 1 aromatic heterocycles. The van der Waals surface area contributed by atoms with Crippen LogP contribution in [0.2, 0.25) is 0 Å². The summed E-state index contributed by atoms with van der Waals surface area (Å²) in [5.74, 6) is 5.68. The van der Waals surface area contributed by atoms with Crippen molar-refractivity contribution in [2.24, 2.45) is 0 Å². The first-order chi connectivity index (χ1) is 13.0. The van der Waals surface area contributed by atoms with E-state index in [0.717, 1.165) is 11.8 Å². The molecule has 27 heavy (non-hydrogen) atoms. The van der Waals surface area contributed by atoms with Gasteiger partial charge in [-0.1, -0.05) is 11.8 Å². The predicted molar refractivity (Wildman–Crippen MR) is 95.0 cm³/mol. The molecule has 0 aliphatic carbocycles. The molecule has 1 aromatic carbocycles. The number of halogens is 1. The third-order valence-electron chi connectivity index (χ3n) is 3.09. The van der Waals surface area contributed by atoms with Gasteiger partial charge in [0.05, 0.1) is 12.4 Å². The summed E-state index contributed by atoms with van der Waals surface area (Å²) in [6.07, 6.45) is 0. The van der Waals surface area contributed by atoms with Crippen molar-refractivity contribution < 1.29 is 23.5 Å². The number of carbonyl (C=O) groups is 2. The second-order valence-corrected chi connectivity index (χ2v) is 6.04. The van der Waals surface area contributed by atoms with Gasteiger partial charge in [0.2, 0.25) is 11.1 Å². The molecule has 0 unspecified atom stereocenters. The van der Waals surface area contributed by atoms with Gasteiger partial charge in [0.25, 0.3) is 0 Å². The van der Waals surface area contributed by atoms with E-state index in [4.69, 9.17) is 15.3 Å². The summed E-state index contributed by atoms with van der Waals surface area (Å²) < 4.78 is 24.3. The van der Waals surface area contributed by atoms with Gasteiger partial charge in [-0.05, 0) is 24.3 Å². The zero-order valence-corrected chi connectivity index (χ0v) is 15.3. The van der Waals surface area contributed by atoms with Crippen LogP contribution in [0, 0.1) is 5.82 Å². The zero-order valence-electron chi connectivity index (χ0n) is 14.5. The summed E-state index contributed by atoms with van der Waals surface area (Å²) in [7, 11) is 1.50. The number of urea groups is 1. The topological polar surface area (TPSA) is 133 Å². The smallest absolute Gasteiger partial charge is 0.321 e. The Balaban J connectivity index is 1.78. The van der Waals surface area contributed by atoms with Crippen LogP contribution < -0.4 is 21.2 Å². The Hall–Kier alpha value is -2.86. The van der Waals surface area contributed by atoms with Crippen molar-refractivity contribution in [1.29, 1.82) is 0 Å². The van der Waals surface area contributed by atoms with Crippen molar-refractivity contribution in [3.05, 3.63) is 35.9 Å². The highest BCUT2D eigenvalue weighted by atomic mass is 32.2. The van der Waals surface area contributed by atoms with Gasteiger partial charge in [0.15, 0.2) is 5.82 Å². The van der Waals surface area contributed by atoms with Crippen molar-refractivity contribution in [3.63, 3.8) is 0 Å². The van der Waals surface area contributed by atoms with E-state index < -0.39 is 11.9 Å². The van der Waals surface area contributed by atoms with E-state index in [1.54, 1.807) is 0 Å². The van der Waals surface area contributed by atoms with Gasteiger partial charge in [0, 0.05) is 13.7 Å². The summed E-state index contributed by atoms with van der Waals surface area (Å²) in [5, 5.41) is 12.7. The minimum Gasteiger partial charge on any atom is -0.486 e. The third-order valence-corrected chi connectivity index (χ3v) is 4.04. The van der Waals surface area contributed by atoms with Gasteiger partial charge >= 0.3 is 6.03 Å². The van der Waals surface area contributed by atoms with Gasteiger partial charge in [-0.25, -0.2) is 13.9 Å². The minimum atomic E-state index is -0.611. The Morgan fingerprint density at radius 2 is 2.04 bits per heavy atom. The fraction of sp³-hybridized carbons (Fsp3) is 0.333. The number of rotatable bonds is 9. The Labute approximate surface area is 158 Å². The van der Waals surface area contributed by atoms with Crippen molar-refractivity contribution in [3.8, 4) is 5.75 Å². The van der Waals surface area contributed by atoms with Gasteiger partial charge in [0.1, 0.15) is 18.2 Å². The maximum atomic E-state index is 12.9. The van der Waals surface area contributed by atoms with E-state index in [0.29, 0.717) is 18.2 Å². The highest BCUT2D eigenvalue weighted by molar-refractivity contribution is 7.99. The van der Waals surface area contributed by atoms with Crippen LogP contribution in [0.25, 0.3) is 0 Å². The fourth-order valence-electron chi connectivity index (χ4n) is 1.79. The molecule has 0 saturated heterocycles. The lowest BCUT2D eigenvalue weighted by molar-refractivity contribution is -0.117. The summed E-state index contributed by atoms with van der Waals surface area (Å²) in [5.41, 5.74) is 0. The van der Waals surface area contributed by atoms with Gasteiger partial charge in [-0.2, -0.15) is 0 Å². The lowest BCUT2D eigenvalue weighted by Crippen LogP contribution is -2.41. The molecule has 12 heteroatoms. The second kappa shape index (κ2) is 10.3. The number of hydrogen-bond donors (Lipinski definition) is 3. The molecule has 0 aliphatic heterocycles. The molecule has 3 amide bonds. The molecule has 2 aromatic rings. The average Bonchev–Trinajstić information content (AvgIpc) is 2.99. The van der Waals surface area contributed by atoms with Gasteiger partial charge in [-0.15, -0.1) is 10.2 Å². The number of nitrogens with two attached hydrogens (primary N) is 1. The van der Waals surface area contributed by atoms with E-state index >= 15 is 0 Å². The van der Waals surface area contributed by atoms with Crippen molar-refractivity contribution in [2.75, 3.05) is 31.9 Å². The van der Waals surface area contributed by atoms with Crippen LogP contribution in [-0.2, 0) is 16.1 Å². The van der Waals surface area contributed by atoms with E-state index in [1.165, 1.54) is 36.1 Å². The van der Waals surface area contributed by atoms with Crippen LogP contribution in [0.5, 0.6) is 5.75 Å². The number of carbonyl (C=O) groups excluding carboxylic acids is 2. The van der Waals surface area contributed by atoms with Crippen molar-refractivity contribution in [1.82, 2.24) is 25.5 Å². The maximum absolute atomic E-state index is 12.9. The number of amides is 3. The maximum Gasteiger partial charge on any atom is 0.321 e. The number of nitrogens with zero attached hydrogens (tertiary/aromatic N) is 3. The summed E-state index contributed by atoms with van der Waals surface area (Å²) in [6, 6.07) is 4.89. The molecule has 0 atom stereocenters.